The van der Waals surface area contributed by atoms with Crippen LogP contribution in [-0.2, 0) is 39.7 Å². The molecule has 0 amide bonds. The molecule has 2 aromatic carbocycles. The molecule has 0 bridgehead atoms. The van der Waals surface area contributed by atoms with Crippen LogP contribution in [0.5, 0.6) is 11.5 Å². The second-order valence-corrected chi connectivity index (χ2v) is 6.47. The zero-order valence-corrected chi connectivity index (χ0v) is 19.8. The normalized spacial score (nSPS) is 10.3. The van der Waals surface area contributed by atoms with Gasteiger partial charge in [-0.05, 0) is 12.1 Å². The molecular weight excluding hydrogens is 443 g/mol. The fourth-order valence-electron chi connectivity index (χ4n) is 2.86. The van der Waals surface area contributed by atoms with Crippen molar-refractivity contribution < 1.29 is 76.6 Å². The number of hydrogen-bond donors (Lipinski definition) is 4. The molecule has 10 heteroatoms. The molecule has 0 aliphatic rings. The Balaban J connectivity index is 0.00000420. The molecule has 0 saturated carbocycles. The number of rotatable bonds is 11. The van der Waals surface area contributed by atoms with Crippen molar-refractivity contribution in [3.05, 3.63) is 59.7 Å². The summed E-state index contributed by atoms with van der Waals surface area (Å²) in [5.74, 6) is -1.87. The number of carboxylic acid groups (broad SMARTS) is 2. The Morgan fingerprint density at radius 1 is 0.700 bits per heavy atom. The van der Waals surface area contributed by atoms with Gasteiger partial charge in [0.15, 0.2) is 0 Å². The van der Waals surface area contributed by atoms with Crippen LogP contribution in [0.3, 0.4) is 0 Å². The Morgan fingerprint density at radius 2 is 1.03 bits per heavy atom. The molecule has 0 fully saturated rings. The van der Waals surface area contributed by atoms with Gasteiger partial charge in [-0.1, -0.05) is 36.4 Å². The first kappa shape index (κ1) is 28.4. The van der Waals surface area contributed by atoms with E-state index in [1.807, 2.05) is 0 Å². The third kappa shape index (κ3) is 9.95. The van der Waals surface area contributed by atoms with Crippen LogP contribution in [0.25, 0.3) is 0 Å². The Bertz CT molecular complexity index is 756. The van der Waals surface area contributed by atoms with Crippen LogP contribution < -0.4 is 29.6 Å². The SMILES string of the molecule is O=C(O)CN(CCN(CC(=O)O)Cc1ccccc1O)Cc1ccccc1O.[Fe].[Na+]. The van der Waals surface area contributed by atoms with E-state index < -0.39 is 11.9 Å². The van der Waals surface area contributed by atoms with Crippen LogP contribution in [-0.4, -0.2) is 68.3 Å². The van der Waals surface area contributed by atoms with Crippen molar-refractivity contribution in [1.82, 2.24) is 9.80 Å². The molecule has 4 N–H and O–H groups in total. The van der Waals surface area contributed by atoms with E-state index in [1.165, 1.54) is 12.1 Å². The van der Waals surface area contributed by atoms with Gasteiger partial charge in [-0.2, -0.15) is 0 Å². The smallest absolute Gasteiger partial charge is 0.508 e. The molecule has 2 rings (SSSR count). The van der Waals surface area contributed by atoms with E-state index in [0.717, 1.165) is 0 Å². The zero-order chi connectivity index (χ0) is 20.5. The standard InChI is InChI=1S/C20H24N2O6.Fe.Na/c23-17-7-3-1-5-15(17)11-21(13-19(25)26)9-10-22(14-20(27)28)12-16-6-2-4-8-18(16)24;;/h1-8,23-24H,9-14H2,(H,25,26)(H,27,28);;/q;;+1. The minimum atomic E-state index is -1.01. The Morgan fingerprint density at radius 3 is 1.33 bits per heavy atom. The van der Waals surface area contributed by atoms with Gasteiger partial charge in [0.05, 0.1) is 13.1 Å². The maximum atomic E-state index is 11.2. The van der Waals surface area contributed by atoms with Gasteiger partial charge in [0, 0.05) is 54.4 Å². The summed E-state index contributed by atoms with van der Waals surface area (Å²) in [5, 5.41) is 38.2. The van der Waals surface area contributed by atoms with E-state index in [4.69, 9.17) is 10.2 Å². The van der Waals surface area contributed by atoms with Crippen molar-refractivity contribution in [2.75, 3.05) is 26.2 Å². The van der Waals surface area contributed by atoms with Crippen LogP contribution in [0, 0.1) is 0 Å². The van der Waals surface area contributed by atoms with E-state index in [1.54, 1.807) is 46.2 Å². The molecule has 0 heterocycles. The number of para-hydroxylation sites is 2. The van der Waals surface area contributed by atoms with Crippen LogP contribution in [0.1, 0.15) is 11.1 Å². The van der Waals surface area contributed by atoms with E-state index >= 15 is 0 Å². The van der Waals surface area contributed by atoms with Crippen molar-refractivity contribution in [3.63, 3.8) is 0 Å². The Labute approximate surface area is 207 Å². The van der Waals surface area contributed by atoms with Crippen LogP contribution in [0.4, 0.5) is 0 Å². The third-order valence-corrected chi connectivity index (χ3v) is 4.22. The van der Waals surface area contributed by atoms with Gasteiger partial charge in [-0.25, -0.2) is 0 Å². The topological polar surface area (TPSA) is 122 Å². The summed E-state index contributed by atoms with van der Waals surface area (Å²) in [5.41, 5.74) is 1.18. The summed E-state index contributed by atoms with van der Waals surface area (Å²) < 4.78 is 0. The van der Waals surface area contributed by atoms with Crippen LogP contribution in [0.15, 0.2) is 48.5 Å². The minimum absolute atomic E-state index is 0. The number of nitrogens with zero attached hydrogens (tertiary/aromatic N) is 2. The van der Waals surface area contributed by atoms with Crippen molar-refractivity contribution >= 4 is 11.9 Å². The van der Waals surface area contributed by atoms with Gasteiger partial charge in [0.25, 0.3) is 0 Å². The molecule has 0 aromatic heterocycles. The van der Waals surface area contributed by atoms with Gasteiger partial charge in [-0.15, -0.1) is 0 Å². The largest absolute Gasteiger partial charge is 1.00 e. The second-order valence-electron chi connectivity index (χ2n) is 6.47. The van der Waals surface area contributed by atoms with Gasteiger partial charge < -0.3 is 20.4 Å². The summed E-state index contributed by atoms with van der Waals surface area (Å²) in [6.07, 6.45) is 0. The maximum Gasteiger partial charge on any atom is 1.00 e. The average Bonchev–Trinajstić information content (AvgIpc) is 2.62. The van der Waals surface area contributed by atoms with Crippen molar-refractivity contribution in [2.24, 2.45) is 0 Å². The number of aromatic hydroxyl groups is 2. The van der Waals surface area contributed by atoms with Crippen molar-refractivity contribution in [1.29, 1.82) is 0 Å². The fraction of sp³-hybridized carbons (Fsp3) is 0.300. The van der Waals surface area contributed by atoms with E-state index in [0.29, 0.717) is 11.1 Å². The molecular formula is C20H24FeN2NaO6+. The minimum Gasteiger partial charge on any atom is -0.508 e. The predicted octanol–water partition coefficient (Wildman–Crippen LogP) is -1.43. The van der Waals surface area contributed by atoms with Crippen LogP contribution >= 0.6 is 0 Å². The molecule has 8 nitrogen and oxygen atoms in total. The van der Waals surface area contributed by atoms with Gasteiger partial charge in [-0.3, -0.25) is 19.4 Å². The molecule has 0 spiro atoms. The monoisotopic (exact) mass is 467 g/mol. The number of aliphatic carboxylic acids is 2. The summed E-state index contributed by atoms with van der Waals surface area (Å²) >= 11 is 0. The molecule has 30 heavy (non-hydrogen) atoms. The molecule has 0 aliphatic heterocycles. The molecule has 0 atom stereocenters. The summed E-state index contributed by atoms with van der Waals surface area (Å²) in [7, 11) is 0. The summed E-state index contributed by atoms with van der Waals surface area (Å²) in [4.78, 5) is 25.6. The molecule has 0 radical (unpaired) electrons. The van der Waals surface area contributed by atoms with E-state index in [2.05, 4.69) is 0 Å². The van der Waals surface area contributed by atoms with Gasteiger partial charge >= 0.3 is 41.5 Å². The summed E-state index contributed by atoms with van der Waals surface area (Å²) in [6.45, 7) is 0.508. The fourth-order valence-corrected chi connectivity index (χ4v) is 2.86. The molecule has 2 aromatic rings. The number of hydrogen-bond acceptors (Lipinski definition) is 6. The first-order valence-electron chi connectivity index (χ1n) is 8.77. The van der Waals surface area contributed by atoms with E-state index in [-0.39, 0.29) is 97.4 Å². The maximum absolute atomic E-state index is 11.2. The molecule has 158 valence electrons. The summed E-state index contributed by atoms with van der Waals surface area (Å²) in [6, 6.07) is 13.4. The van der Waals surface area contributed by atoms with Gasteiger partial charge in [0.2, 0.25) is 0 Å². The number of phenolic OH excluding ortho intramolecular Hbond substituents is 2. The second kappa shape index (κ2) is 14.4. The molecule has 0 aliphatic carbocycles. The van der Waals surface area contributed by atoms with Crippen molar-refractivity contribution in [2.45, 2.75) is 13.1 Å². The predicted molar refractivity (Wildman–Crippen MR) is 102 cm³/mol. The Kier molecular flexibility index (Phi) is 13.7. The average molecular weight is 467 g/mol. The first-order valence-corrected chi connectivity index (χ1v) is 8.77. The number of carbonyl (C=O) groups is 2. The first-order chi connectivity index (χ1) is 13.3. The van der Waals surface area contributed by atoms with Crippen LogP contribution in [0.2, 0.25) is 0 Å². The zero-order valence-electron chi connectivity index (χ0n) is 16.7. The quantitative estimate of drug-likeness (QED) is 0.297. The number of benzene rings is 2. The number of carboxylic acids is 2. The molecule has 0 unspecified atom stereocenters. The third-order valence-electron chi connectivity index (χ3n) is 4.22. The number of phenols is 2. The van der Waals surface area contributed by atoms with Crippen molar-refractivity contribution in [3.8, 4) is 11.5 Å². The van der Waals surface area contributed by atoms with Gasteiger partial charge in [0.1, 0.15) is 11.5 Å². The van der Waals surface area contributed by atoms with E-state index in [9.17, 15) is 19.8 Å². The molecule has 0 saturated heterocycles. The Hall–Kier alpha value is -1.58.